The number of benzene rings is 11. The van der Waals surface area contributed by atoms with Crippen LogP contribution in [-0.4, -0.2) is 13.7 Å². The van der Waals surface area contributed by atoms with Gasteiger partial charge in [0.1, 0.15) is 11.2 Å². The van der Waals surface area contributed by atoms with Crippen molar-refractivity contribution in [2.45, 2.75) is 5.41 Å². The van der Waals surface area contributed by atoms with Gasteiger partial charge in [0, 0.05) is 49.1 Å². The van der Waals surface area contributed by atoms with Gasteiger partial charge in [-0.3, -0.25) is 0 Å². The second-order valence-electron chi connectivity index (χ2n) is 19.1. The Balaban J connectivity index is 1.15. The van der Waals surface area contributed by atoms with E-state index < -0.39 is 5.41 Å². The molecule has 0 radical (unpaired) electrons. The van der Waals surface area contributed by atoms with Gasteiger partial charge < -0.3 is 18.1 Å². The fraction of sp³-hybridized carbons (Fsp3) is 0.0149. The average molecular weight is 904 g/mol. The van der Waals surface area contributed by atoms with Crippen LogP contribution in [0.25, 0.3) is 116 Å². The van der Waals surface area contributed by atoms with E-state index in [0.29, 0.717) is 0 Å². The van der Waals surface area contributed by atoms with E-state index in [1.165, 1.54) is 87.8 Å². The van der Waals surface area contributed by atoms with Gasteiger partial charge in [0.15, 0.2) is 0 Å². The Morgan fingerprint density at radius 2 is 0.831 bits per heavy atom. The zero-order chi connectivity index (χ0) is 46.4. The van der Waals surface area contributed by atoms with Crippen molar-refractivity contribution in [3.8, 4) is 28.2 Å². The Morgan fingerprint density at radius 3 is 1.51 bits per heavy atom. The molecule has 330 valence electrons. The van der Waals surface area contributed by atoms with E-state index in [4.69, 9.17) is 4.42 Å². The predicted octanol–water partition coefficient (Wildman–Crippen LogP) is 17.2. The van der Waals surface area contributed by atoms with E-state index in [-0.39, 0.29) is 0 Å². The summed E-state index contributed by atoms with van der Waals surface area (Å²) in [5.41, 5.74) is 19.1. The van der Waals surface area contributed by atoms with Gasteiger partial charge in [-0.2, -0.15) is 0 Å². The lowest BCUT2D eigenvalue weighted by Crippen LogP contribution is -2.28. The van der Waals surface area contributed by atoms with Crippen LogP contribution in [0.3, 0.4) is 0 Å². The maximum atomic E-state index is 6.61. The highest BCUT2D eigenvalue weighted by atomic mass is 16.3. The molecule has 71 heavy (non-hydrogen) atoms. The first-order chi connectivity index (χ1) is 35.3. The summed E-state index contributed by atoms with van der Waals surface area (Å²) in [6.45, 7) is 0. The lowest BCUT2D eigenvalue weighted by atomic mass is 9.67. The highest BCUT2D eigenvalue weighted by Gasteiger charge is 2.46. The van der Waals surface area contributed by atoms with Crippen molar-refractivity contribution < 1.29 is 4.42 Å². The molecule has 0 bridgehead atoms. The number of nitrogens with zero attached hydrogens (tertiary/aromatic N) is 3. The zero-order valence-electron chi connectivity index (χ0n) is 38.4. The molecule has 4 nitrogen and oxygen atoms in total. The van der Waals surface area contributed by atoms with Crippen LogP contribution in [-0.2, 0) is 5.41 Å². The van der Waals surface area contributed by atoms with Gasteiger partial charge >= 0.3 is 0 Å². The normalized spacial score (nSPS) is 13.2. The van der Waals surface area contributed by atoms with Crippen LogP contribution >= 0.6 is 0 Å². The number of hydrogen-bond acceptors (Lipinski definition) is 1. The number of aromatic nitrogens is 3. The largest absolute Gasteiger partial charge is 0.456 e. The SMILES string of the molecule is c1ccc(-n2c3ccccc3c3ccc4c(c5c(ccc6c7cc8c(cc7n(-c7ccccc7)c65)C(c5ccccc5)(c5ccccc5)c5ccccc5-8)n4-c4cccc5oc6ccccc6c45)c32)cc1. The lowest BCUT2D eigenvalue weighted by Gasteiger charge is -2.34. The average Bonchev–Trinajstić information content (AvgIpc) is 4.23. The molecule has 0 N–H and O–H groups in total. The van der Waals surface area contributed by atoms with Crippen LogP contribution in [0.2, 0.25) is 0 Å². The first-order valence-corrected chi connectivity index (χ1v) is 24.5. The highest BCUT2D eigenvalue weighted by Crippen LogP contribution is 2.58. The molecule has 0 fully saturated rings. The summed E-state index contributed by atoms with van der Waals surface area (Å²) in [4.78, 5) is 0. The first-order valence-electron chi connectivity index (χ1n) is 24.5. The van der Waals surface area contributed by atoms with E-state index in [0.717, 1.165) is 50.0 Å². The molecule has 15 aromatic rings. The lowest BCUT2D eigenvalue weighted by molar-refractivity contribution is 0.669. The third-order valence-corrected chi connectivity index (χ3v) is 15.7. The van der Waals surface area contributed by atoms with Gasteiger partial charge in [0.25, 0.3) is 0 Å². The number of rotatable bonds is 5. The van der Waals surface area contributed by atoms with Crippen molar-refractivity contribution in [2.24, 2.45) is 0 Å². The highest BCUT2D eigenvalue weighted by molar-refractivity contribution is 6.33. The van der Waals surface area contributed by atoms with Crippen molar-refractivity contribution in [3.05, 3.63) is 271 Å². The van der Waals surface area contributed by atoms with E-state index in [1.54, 1.807) is 0 Å². The minimum absolute atomic E-state index is 0.555. The van der Waals surface area contributed by atoms with Crippen LogP contribution in [0.4, 0.5) is 0 Å². The zero-order valence-corrected chi connectivity index (χ0v) is 38.4. The van der Waals surface area contributed by atoms with Crippen molar-refractivity contribution in [1.82, 2.24) is 13.7 Å². The van der Waals surface area contributed by atoms with Crippen LogP contribution < -0.4 is 0 Å². The molecule has 0 spiro atoms. The van der Waals surface area contributed by atoms with Gasteiger partial charge in [-0.1, -0.05) is 176 Å². The molecule has 0 atom stereocenters. The van der Waals surface area contributed by atoms with Gasteiger partial charge in [-0.15, -0.1) is 0 Å². The fourth-order valence-corrected chi connectivity index (χ4v) is 13.0. The summed E-state index contributed by atoms with van der Waals surface area (Å²) in [5, 5.41) is 9.47. The number of para-hydroxylation sites is 4. The Kier molecular flexibility index (Phi) is 7.79. The van der Waals surface area contributed by atoms with Crippen molar-refractivity contribution >= 4 is 87.4 Å². The molecule has 0 saturated heterocycles. The molecule has 4 heterocycles. The molecule has 4 aromatic heterocycles. The van der Waals surface area contributed by atoms with Crippen molar-refractivity contribution in [2.75, 3.05) is 0 Å². The second-order valence-corrected chi connectivity index (χ2v) is 19.1. The summed E-state index contributed by atoms with van der Waals surface area (Å²) in [6, 6.07) is 91.7. The quantitative estimate of drug-likeness (QED) is 0.169. The maximum Gasteiger partial charge on any atom is 0.137 e. The number of furan rings is 1. The summed E-state index contributed by atoms with van der Waals surface area (Å²) < 4.78 is 14.2. The third kappa shape index (κ3) is 5.02. The molecular weight excluding hydrogens is 863 g/mol. The molecule has 0 aliphatic heterocycles. The first kappa shape index (κ1) is 38.6. The molecule has 11 aromatic carbocycles. The molecule has 0 saturated carbocycles. The minimum Gasteiger partial charge on any atom is -0.456 e. The molecule has 0 unspecified atom stereocenters. The van der Waals surface area contributed by atoms with Gasteiger partial charge in [0.05, 0.1) is 49.6 Å². The monoisotopic (exact) mass is 903 g/mol. The Hall–Kier alpha value is -9.38. The minimum atomic E-state index is -0.555. The topological polar surface area (TPSA) is 27.9 Å². The molecule has 4 heteroatoms. The summed E-state index contributed by atoms with van der Waals surface area (Å²) in [7, 11) is 0. The Morgan fingerprint density at radius 1 is 0.296 bits per heavy atom. The number of fused-ring (bicyclic) bond motifs is 17. The molecule has 1 aliphatic carbocycles. The van der Waals surface area contributed by atoms with Crippen LogP contribution in [0, 0.1) is 0 Å². The number of hydrogen-bond donors (Lipinski definition) is 0. The fourth-order valence-electron chi connectivity index (χ4n) is 13.0. The smallest absolute Gasteiger partial charge is 0.137 e. The Labute approximate surface area is 408 Å². The van der Waals surface area contributed by atoms with E-state index in [2.05, 4.69) is 262 Å². The molecule has 1 aliphatic rings. The predicted molar refractivity (Wildman–Crippen MR) is 294 cm³/mol. The maximum absolute atomic E-state index is 6.61. The van der Waals surface area contributed by atoms with Crippen LogP contribution in [0.1, 0.15) is 22.3 Å². The summed E-state index contributed by atoms with van der Waals surface area (Å²) >= 11 is 0. The van der Waals surface area contributed by atoms with Crippen LogP contribution in [0.5, 0.6) is 0 Å². The van der Waals surface area contributed by atoms with Gasteiger partial charge in [-0.25, -0.2) is 0 Å². The van der Waals surface area contributed by atoms with E-state index >= 15 is 0 Å². The van der Waals surface area contributed by atoms with Gasteiger partial charge in [0.2, 0.25) is 0 Å². The standard InChI is InChI=1S/C67H41N3O/c1-5-20-42(21-6-1)67(43-22-7-2-8-23-43)53-31-16-13-28-46(53)51-40-52-49-37-39-58-64(66(49)69(59(52)41-54(51)67)45-26-11-4-12-27-45)63-57(70(58)56-33-19-35-61-62(56)50-30-15-18-34-60(50)71-61)38-36-48-47-29-14-17-32-55(47)68(65(48)63)44-24-9-3-10-25-44/h1-41H. The van der Waals surface area contributed by atoms with Crippen molar-refractivity contribution in [1.29, 1.82) is 0 Å². The molecule has 16 rings (SSSR count). The van der Waals surface area contributed by atoms with Crippen molar-refractivity contribution in [3.63, 3.8) is 0 Å². The Bertz CT molecular complexity index is 4630. The van der Waals surface area contributed by atoms with E-state index in [9.17, 15) is 0 Å². The third-order valence-electron chi connectivity index (χ3n) is 15.7. The second kappa shape index (κ2) is 14.3. The van der Waals surface area contributed by atoms with Crippen LogP contribution in [0.15, 0.2) is 253 Å². The summed E-state index contributed by atoms with van der Waals surface area (Å²) in [5.74, 6) is 0. The molecular formula is C67H41N3O. The molecule has 0 amide bonds. The van der Waals surface area contributed by atoms with E-state index in [1.807, 2.05) is 0 Å². The summed E-state index contributed by atoms with van der Waals surface area (Å²) in [6.07, 6.45) is 0. The van der Waals surface area contributed by atoms with Gasteiger partial charge in [-0.05, 0) is 106 Å².